The maximum atomic E-state index is 5.18. The van der Waals surface area contributed by atoms with Gasteiger partial charge < -0.3 is 19.9 Å². The summed E-state index contributed by atoms with van der Waals surface area (Å²) >= 11 is 0. The number of likely N-dealkylation sites (N-methyl/N-ethyl adjacent to an activating group) is 2. The van der Waals surface area contributed by atoms with E-state index >= 15 is 0 Å². The van der Waals surface area contributed by atoms with Crippen LogP contribution in [0.1, 0.15) is 26.2 Å². The van der Waals surface area contributed by atoms with Crippen LogP contribution in [0.5, 0.6) is 6.01 Å². The number of anilines is 2. The van der Waals surface area contributed by atoms with Crippen molar-refractivity contribution in [2.75, 3.05) is 51.1 Å². The van der Waals surface area contributed by atoms with E-state index in [1.807, 2.05) is 7.05 Å². The second-order valence-corrected chi connectivity index (χ2v) is 5.53. The number of hydrogen-bond acceptors (Lipinski definition) is 7. The summed E-state index contributed by atoms with van der Waals surface area (Å²) in [6.07, 6.45) is 3.51. The van der Waals surface area contributed by atoms with Crippen molar-refractivity contribution in [1.82, 2.24) is 19.9 Å². The van der Waals surface area contributed by atoms with Gasteiger partial charge in [-0.25, -0.2) is 0 Å². The van der Waals surface area contributed by atoms with Crippen molar-refractivity contribution in [1.29, 1.82) is 0 Å². The molecule has 0 aliphatic carbocycles. The van der Waals surface area contributed by atoms with Gasteiger partial charge in [-0.1, -0.05) is 6.92 Å². The van der Waals surface area contributed by atoms with Gasteiger partial charge in [0.2, 0.25) is 11.9 Å². The van der Waals surface area contributed by atoms with Crippen LogP contribution in [0.15, 0.2) is 0 Å². The van der Waals surface area contributed by atoms with Crippen molar-refractivity contribution in [2.24, 2.45) is 0 Å². The van der Waals surface area contributed by atoms with Crippen molar-refractivity contribution in [3.05, 3.63) is 0 Å². The topological polar surface area (TPSA) is 66.4 Å². The first kappa shape index (κ1) is 15.8. The molecular weight excluding hydrogens is 268 g/mol. The summed E-state index contributed by atoms with van der Waals surface area (Å²) in [5, 5.41) is 3.19. The Bertz CT molecular complexity index is 455. The highest BCUT2D eigenvalue weighted by Crippen LogP contribution is 2.19. The molecule has 1 aromatic rings. The van der Waals surface area contributed by atoms with E-state index in [9.17, 15) is 0 Å². The molecule has 0 saturated carbocycles. The van der Waals surface area contributed by atoms with Crippen molar-refractivity contribution >= 4 is 11.9 Å². The SMILES string of the molecule is CCCNc1nc(OC)nc(N(C)CC2CCCN2C)n1. The largest absolute Gasteiger partial charge is 0.467 e. The second kappa shape index (κ2) is 7.40. The standard InChI is InChI=1S/C14H26N6O/c1-5-8-15-12-16-13(18-14(17-12)21-4)20(3)10-11-7-6-9-19(11)2/h11H,5-10H2,1-4H3,(H,15,16,17,18). The van der Waals surface area contributed by atoms with Gasteiger partial charge in [0, 0.05) is 26.2 Å². The lowest BCUT2D eigenvalue weighted by Gasteiger charge is -2.26. The van der Waals surface area contributed by atoms with Crippen molar-refractivity contribution in [3.8, 4) is 6.01 Å². The van der Waals surface area contributed by atoms with E-state index in [1.54, 1.807) is 7.11 Å². The van der Waals surface area contributed by atoms with E-state index in [2.05, 4.69) is 44.0 Å². The summed E-state index contributed by atoms with van der Waals surface area (Å²) in [5.74, 6) is 1.23. The summed E-state index contributed by atoms with van der Waals surface area (Å²) in [4.78, 5) is 17.5. The van der Waals surface area contributed by atoms with Crippen molar-refractivity contribution in [3.63, 3.8) is 0 Å². The van der Waals surface area contributed by atoms with Crippen LogP contribution >= 0.6 is 0 Å². The van der Waals surface area contributed by atoms with Gasteiger partial charge in [-0.15, -0.1) is 0 Å². The second-order valence-electron chi connectivity index (χ2n) is 5.53. The van der Waals surface area contributed by atoms with Gasteiger partial charge in [-0.2, -0.15) is 15.0 Å². The smallest absolute Gasteiger partial charge is 0.322 e. The lowest BCUT2D eigenvalue weighted by Crippen LogP contribution is -2.37. The van der Waals surface area contributed by atoms with E-state index in [1.165, 1.54) is 19.4 Å². The third kappa shape index (κ3) is 4.17. The maximum Gasteiger partial charge on any atom is 0.322 e. The van der Waals surface area contributed by atoms with Crippen LogP contribution in [-0.4, -0.2) is 66.7 Å². The van der Waals surface area contributed by atoms with Crippen LogP contribution in [0.3, 0.4) is 0 Å². The molecule has 1 unspecified atom stereocenters. The Morgan fingerprint density at radius 1 is 1.38 bits per heavy atom. The summed E-state index contributed by atoms with van der Waals surface area (Å²) in [7, 11) is 5.77. The molecule has 0 amide bonds. The first-order chi connectivity index (χ1) is 10.1. The molecule has 1 aliphatic rings. The van der Waals surface area contributed by atoms with Crippen molar-refractivity contribution < 1.29 is 4.74 Å². The highest BCUT2D eigenvalue weighted by Gasteiger charge is 2.23. The summed E-state index contributed by atoms with van der Waals surface area (Å²) in [5.41, 5.74) is 0. The average molecular weight is 294 g/mol. The Kier molecular flexibility index (Phi) is 5.55. The first-order valence-corrected chi connectivity index (χ1v) is 7.59. The monoisotopic (exact) mass is 294 g/mol. The van der Waals surface area contributed by atoms with Crippen molar-refractivity contribution in [2.45, 2.75) is 32.2 Å². The predicted molar refractivity (Wildman–Crippen MR) is 84.1 cm³/mol. The predicted octanol–water partition coefficient (Wildman–Crippen LogP) is 1.23. The first-order valence-electron chi connectivity index (χ1n) is 7.59. The quantitative estimate of drug-likeness (QED) is 0.811. The molecule has 1 N–H and O–H groups in total. The van der Waals surface area contributed by atoms with E-state index < -0.39 is 0 Å². The molecule has 0 bridgehead atoms. The Labute approximate surface area is 126 Å². The highest BCUT2D eigenvalue weighted by atomic mass is 16.5. The molecule has 118 valence electrons. The van der Waals surface area contributed by atoms with Gasteiger partial charge in [0.15, 0.2) is 0 Å². The third-order valence-corrected chi connectivity index (χ3v) is 3.82. The third-order valence-electron chi connectivity index (χ3n) is 3.82. The van der Waals surface area contributed by atoms with Crippen LogP contribution < -0.4 is 15.0 Å². The minimum Gasteiger partial charge on any atom is -0.467 e. The number of hydrogen-bond donors (Lipinski definition) is 1. The van der Waals surface area contributed by atoms with Crippen LogP contribution in [-0.2, 0) is 0 Å². The molecule has 2 rings (SSSR count). The number of aromatic nitrogens is 3. The van der Waals surface area contributed by atoms with Gasteiger partial charge >= 0.3 is 6.01 Å². The Balaban J connectivity index is 2.09. The average Bonchev–Trinajstić information content (AvgIpc) is 2.90. The minimum absolute atomic E-state index is 0.352. The fourth-order valence-corrected chi connectivity index (χ4v) is 2.53. The number of nitrogens with zero attached hydrogens (tertiary/aromatic N) is 5. The van der Waals surface area contributed by atoms with Gasteiger partial charge in [0.25, 0.3) is 0 Å². The summed E-state index contributed by atoms with van der Waals surface area (Å²) in [6.45, 7) is 5.02. The minimum atomic E-state index is 0.352. The number of methoxy groups -OCH3 is 1. The Hall–Kier alpha value is -1.63. The lowest BCUT2D eigenvalue weighted by molar-refractivity contribution is 0.313. The van der Waals surface area contributed by atoms with E-state index in [-0.39, 0.29) is 0 Å². The molecule has 1 atom stereocenters. The zero-order valence-corrected chi connectivity index (χ0v) is 13.5. The van der Waals surface area contributed by atoms with Gasteiger partial charge in [0.1, 0.15) is 0 Å². The molecule has 1 fully saturated rings. The molecule has 7 heteroatoms. The summed E-state index contributed by atoms with van der Waals surface area (Å²) < 4.78 is 5.18. The molecule has 0 radical (unpaired) electrons. The maximum absolute atomic E-state index is 5.18. The van der Waals surface area contributed by atoms with Crippen LogP contribution in [0.4, 0.5) is 11.9 Å². The molecule has 1 aromatic heterocycles. The number of nitrogens with one attached hydrogen (secondary N) is 1. The van der Waals surface area contributed by atoms with Gasteiger partial charge in [-0.05, 0) is 32.9 Å². The molecule has 2 heterocycles. The van der Waals surface area contributed by atoms with Crippen LogP contribution in [0.25, 0.3) is 0 Å². The Morgan fingerprint density at radius 3 is 2.81 bits per heavy atom. The van der Waals surface area contributed by atoms with Crippen LogP contribution in [0.2, 0.25) is 0 Å². The molecule has 7 nitrogen and oxygen atoms in total. The normalized spacial score (nSPS) is 18.8. The number of rotatable bonds is 7. The molecule has 0 aromatic carbocycles. The van der Waals surface area contributed by atoms with Crippen LogP contribution in [0, 0.1) is 0 Å². The molecule has 1 saturated heterocycles. The lowest BCUT2D eigenvalue weighted by atomic mass is 10.2. The van der Waals surface area contributed by atoms with E-state index in [4.69, 9.17) is 4.74 Å². The molecule has 1 aliphatic heterocycles. The molecule has 21 heavy (non-hydrogen) atoms. The molecule has 0 spiro atoms. The van der Waals surface area contributed by atoms with Gasteiger partial charge in [-0.3, -0.25) is 0 Å². The number of likely N-dealkylation sites (tertiary alicyclic amines) is 1. The zero-order valence-electron chi connectivity index (χ0n) is 13.5. The van der Waals surface area contributed by atoms with E-state index in [0.29, 0.717) is 23.9 Å². The fraction of sp³-hybridized carbons (Fsp3) is 0.786. The summed E-state index contributed by atoms with van der Waals surface area (Å²) in [6, 6.07) is 0.912. The zero-order chi connectivity index (χ0) is 15.2. The number of ether oxygens (including phenoxy) is 1. The highest BCUT2D eigenvalue weighted by molar-refractivity contribution is 5.37. The Morgan fingerprint density at radius 2 is 2.19 bits per heavy atom. The van der Waals surface area contributed by atoms with E-state index in [0.717, 1.165) is 19.5 Å². The van der Waals surface area contributed by atoms with Gasteiger partial charge in [0.05, 0.1) is 7.11 Å². The molecular formula is C14H26N6O. The fourth-order valence-electron chi connectivity index (χ4n) is 2.53.